The topological polar surface area (TPSA) is 384 Å². The van der Waals surface area contributed by atoms with Crippen LogP contribution in [0.5, 0.6) is 0 Å². The molecule has 3 fully saturated rings. The van der Waals surface area contributed by atoms with E-state index < -0.39 is 174 Å². The van der Waals surface area contributed by atoms with E-state index in [1.165, 1.54) is 20.8 Å². The standard InChI is InChI=1S/C57H97N5O21S/c1-27(2)30-22-31(28(3)4)44(32(23-30)29(5)6)84(72,73)83-47-40(65)38(62-52(71)82-57(19,20)21)39(64)46(77-47)76-43-34(60-50(69)80-55(13,14)15)24-33(59-49(68)79-54(10,11)12)42(41(43)66)75-45-35(61-51(70)81-56(16,17)18)25-36(63)37(74-45)26-58-48(67)78-53(7,8)9/h22-23,27-29,33-43,45-47,63-66H,24-26H2,1-21H3,(H,58,67)(H,59,68)(H,60,69)(H,61,70)(H,62,71)/p-5. The van der Waals surface area contributed by atoms with Gasteiger partial charge in [-0.2, -0.15) is 8.42 Å². The molecular formula is C57H92N5O21S-5. The molecule has 14 unspecified atom stereocenters. The lowest BCUT2D eigenvalue weighted by Crippen LogP contribution is -2.64. The molecule has 4 N–H and O–H groups in total. The highest BCUT2D eigenvalue weighted by Crippen LogP contribution is 2.40. The summed E-state index contributed by atoms with van der Waals surface area (Å²) in [5, 5.41) is 115. The molecule has 4 rings (SSSR count). The monoisotopic (exact) mass is 1210 g/mol. The minimum Gasteiger partial charge on any atom is -0.595 e. The van der Waals surface area contributed by atoms with Crippen LogP contribution in [0.4, 0.5) is 0 Å². The first-order chi connectivity index (χ1) is 38.1. The molecule has 26 nitrogen and oxygen atoms in total. The molecule has 0 aromatic heterocycles. The summed E-state index contributed by atoms with van der Waals surface area (Å²) in [6.07, 6.45) is -26.6. The molecule has 2 heterocycles. The number of aliphatic hydroxyl groups is 4. The van der Waals surface area contributed by atoms with E-state index in [0.717, 1.165) is 5.56 Å². The second-order valence-electron chi connectivity index (χ2n) is 27.1. The number of benzene rings is 1. The smallest absolute Gasteiger partial charge is 0.300 e. The number of hydrogen-bond donors (Lipinski definition) is 4. The van der Waals surface area contributed by atoms with E-state index in [1.54, 1.807) is 123 Å². The van der Waals surface area contributed by atoms with Crippen LogP contribution in [0.2, 0.25) is 0 Å². The maximum atomic E-state index is 14.9. The largest absolute Gasteiger partial charge is 0.595 e. The van der Waals surface area contributed by atoms with E-state index in [1.807, 2.05) is 13.8 Å². The molecule has 0 radical (unpaired) electrons. The van der Waals surface area contributed by atoms with Gasteiger partial charge < -0.3 is 88.6 Å². The number of aliphatic hydroxyl groups excluding tert-OH is 4. The summed E-state index contributed by atoms with van der Waals surface area (Å²) in [5.74, 6) is -0.784. The number of nitrogens with zero attached hydrogens (tertiary/aromatic N) is 5. The molecule has 0 spiro atoms. The number of ether oxygens (including phenoxy) is 9. The van der Waals surface area contributed by atoms with Gasteiger partial charge in [-0.25, -0.2) is 4.18 Å². The van der Waals surface area contributed by atoms with Gasteiger partial charge in [-0.05, 0) is 40.9 Å². The Hall–Kier alpha value is -4.84. The molecule has 1 aliphatic carbocycles. The summed E-state index contributed by atoms with van der Waals surface area (Å²) in [6, 6.07) is -3.26. The lowest BCUT2D eigenvalue weighted by Gasteiger charge is -2.48. The third kappa shape index (κ3) is 21.5. The normalized spacial score (nSPS) is 29.8. The zero-order chi connectivity index (χ0) is 64.2. The highest BCUT2D eigenvalue weighted by atomic mass is 32.2. The molecule has 2 saturated heterocycles. The van der Waals surface area contributed by atoms with Crippen LogP contribution >= 0.6 is 0 Å². The first-order valence-corrected chi connectivity index (χ1v) is 29.7. The van der Waals surface area contributed by atoms with Crippen LogP contribution in [0, 0.1) is 0 Å². The second-order valence-corrected chi connectivity index (χ2v) is 28.6. The van der Waals surface area contributed by atoms with Crippen molar-refractivity contribution in [3.8, 4) is 0 Å². The third-order valence-corrected chi connectivity index (χ3v) is 14.0. The summed E-state index contributed by atoms with van der Waals surface area (Å²) in [7, 11) is -4.99. The summed E-state index contributed by atoms with van der Waals surface area (Å²) < 4.78 is 88.0. The molecule has 0 amide bonds. The maximum Gasteiger partial charge on any atom is 0.300 e. The van der Waals surface area contributed by atoms with Crippen molar-refractivity contribution in [2.75, 3.05) is 6.54 Å². The zero-order valence-electron chi connectivity index (χ0n) is 52.5. The van der Waals surface area contributed by atoms with E-state index in [9.17, 15) is 54.4 Å². The van der Waals surface area contributed by atoms with Gasteiger partial charge >= 0.3 is 0 Å². The Kier molecular flexibility index (Phi) is 23.8. The van der Waals surface area contributed by atoms with Gasteiger partial charge in [0.05, 0.1) is 24.7 Å². The fraction of sp³-hybridized carbons (Fsp3) is 0.807. The van der Waals surface area contributed by atoms with Crippen molar-refractivity contribution in [1.29, 1.82) is 0 Å². The van der Waals surface area contributed by atoms with E-state index in [2.05, 4.69) is 25.0 Å². The minimum atomic E-state index is -4.99. The molecule has 1 aromatic rings. The highest BCUT2D eigenvalue weighted by molar-refractivity contribution is 7.86. The van der Waals surface area contributed by atoms with Crippen LogP contribution < -0.4 is 25.5 Å². The van der Waals surface area contributed by atoms with Gasteiger partial charge in [0.1, 0.15) is 84.0 Å². The Morgan fingerprint density at radius 3 is 1.31 bits per heavy atom. The minimum absolute atomic E-state index is 0.0106. The van der Waals surface area contributed by atoms with Crippen molar-refractivity contribution in [3.05, 3.63) is 28.8 Å². The van der Waals surface area contributed by atoms with Gasteiger partial charge in [-0.3, -0.25) is 25.0 Å². The average Bonchev–Trinajstić information content (AvgIpc) is 1.68. The van der Waals surface area contributed by atoms with Crippen LogP contribution in [-0.4, -0.2) is 180 Å². The SMILES string of the molecule is CC(C)c1cc(C(C)C)c(S(=O)(=O)OC2OC(OC3C(N=C([O-])OC(C)(C)C)CC(N=C([O-])OC(C)(C)C)C(OC4OC(CN=C([O-])OC(C)(C)C)C(O)CC4N=C([O-])OC(C)(C)C)C3O)C(O)C(N=C([O-])OC(C)(C)C)C2O)c(C(C)C)c1. The molecule has 14 atom stereocenters. The Morgan fingerprint density at radius 2 is 0.905 bits per heavy atom. The molecule has 84 heavy (non-hydrogen) atoms. The van der Waals surface area contributed by atoms with E-state index >= 15 is 0 Å². The van der Waals surface area contributed by atoms with Gasteiger partial charge in [0.2, 0.25) is 6.29 Å². The Labute approximate surface area is 495 Å². The van der Waals surface area contributed by atoms with Crippen LogP contribution in [-0.2, 0) is 56.9 Å². The van der Waals surface area contributed by atoms with Crippen molar-refractivity contribution in [2.24, 2.45) is 25.0 Å². The van der Waals surface area contributed by atoms with E-state index in [0.29, 0.717) is 11.1 Å². The Balaban J connectivity index is 1.99. The van der Waals surface area contributed by atoms with Crippen LogP contribution in [0.15, 0.2) is 42.0 Å². The van der Waals surface area contributed by atoms with Crippen molar-refractivity contribution in [3.63, 3.8) is 0 Å². The highest BCUT2D eigenvalue weighted by Gasteiger charge is 2.54. The maximum absolute atomic E-state index is 14.9. The van der Waals surface area contributed by atoms with Gasteiger partial charge in [-0.1, -0.05) is 158 Å². The number of hydrogen-bond acceptors (Lipinski definition) is 26. The first-order valence-electron chi connectivity index (χ1n) is 28.2. The molecule has 482 valence electrons. The molecule has 1 aromatic carbocycles. The van der Waals surface area contributed by atoms with Crippen molar-refractivity contribution >= 4 is 40.5 Å². The molecular weight excluding hydrogens is 1120 g/mol. The third-order valence-electron chi connectivity index (χ3n) is 12.5. The summed E-state index contributed by atoms with van der Waals surface area (Å²) >= 11 is 0. The lowest BCUT2D eigenvalue weighted by atomic mass is 9.83. The molecule has 0 bridgehead atoms. The quantitative estimate of drug-likeness (QED) is 0.103. The fourth-order valence-electron chi connectivity index (χ4n) is 8.98. The zero-order valence-corrected chi connectivity index (χ0v) is 53.3. The average molecular weight is 1220 g/mol. The van der Waals surface area contributed by atoms with Crippen molar-refractivity contribution in [1.82, 2.24) is 0 Å². The first kappa shape index (κ1) is 71.6. The molecule has 1 saturated carbocycles. The predicted molar refractivity (Wildman–Crippen MR) is 299 cm³/mol. The van der Waals surface area contributed by atoms with Gasteiger partial charge in [-0.15, -0.1) is 0 Å². The summed E-state index contributed by atoms with van der Waals surface area (Å²) in [4.78, 5) is 20.2. The lowest BCUT2D eigenvalue weighted by molar-refractivity contribution is -0.338. The fourth-order valence-corrected chi connectivity index (χ4v) is 10.7. The van der Waals surface area contributed by atoms with Crippen molar-refractivity contribution in [2.45, 2.75) is 295 Å². The summed E-state index contributed by atoms with van der Waals surface area (Å²) in [6.45, 7) is 34.1. The Morgan fingerprint density at radius 1 is 0.524 bits per heavy atom. The van der Waals surface area contributed by atoms with Gasteiger partial charge in [0.15, 0.2) is 12.6 Å². The van der Waals surface area contributed by atoms with E-state index in [-0.39, 0.29) is 22.6 Å². The van der Waals surface area contributed by atoms with Gasteiger partial charge in [0, 0.05) is 34.4 Å². The number of aliphatic imine (C=N–C) groups is 5. The van der Waals surface area contributed by atoms with Crippen LogP contribution in [0.1, 0.15) is 193 Å². The van der Waals surface area contributed by atoms with Gasteiger partial charge in [0.25, 0.3) is 10.1 Å². The molecule has 27 heteroatoms. The Bertz CT molecular complexity index is 2580. The predicted octanol–water partition coefficient (Wildman–Crippen LogP) is 1.31. The van der Waals surface area contributed by atoms with E-state index in [4.69, 9.17) is 46.8 Å². The second kappa shape index (κ2) is 27.9. The van der Waals surface area contributed by atoms with Crippen molar-refractivity contribution < 1.29 is 101 Å². The van der Waals surface area contributed by atoms with Crippen LogP contribution in [0.3, 0.4) is 0 Å². The number of rotatable bonds is 16. The molecule has 3 aliphatic rings. The summed E-state index contributed by atoms with van der Waals surface area (Å²) in [5.41, 5.74) is -3.83. The van der Waals surface area contributed by atoms with Crippen LogP contribution in [0.25, 0.3) is 0 Å². The molecule has 2 aliphatic heterocycles.